The van der Waals surface area contributed by atoms with E-state index >= 15 is 0 Å². The number of rotatable bonds is 5. The lowest BCUT2D eigenvalue weighted by atomic mass is 10.2. The van der Waals surface area contributed by atoms with Crippen molar-refractivity contribution in [3.05, 3.63) is 16.5 Å². The van der Waals surface area contributed by atoms with Crippen LogP contribution in [0.4, 0.5) is 0 Å². The molecule has 0 unspecified atom stereocenters. The number of hydrogen-bond acceptors (Lipinski definition) is 5. The van der Waals surface area contributed by atoms with Crippen molar-refractivity contribution in [1.82, 2.24) is 9.21 Å². The average Bonchev–Trinajstić information content (AvgIpc) is 2.80. The molecule has 0 radical (unpaired) electrons. The Morgan fingerprint density at radius 2 is 1.90 bits per heavy atom. The van der Waals surface area contributed by atoms with Crippen LogP contribution in [0.2, 0.25) is 0 Å². The smallest absolute Gasteiger partial charge is 0.252 e. The summed E-state index contributed by atoms with van der Waals surface area (Å²) < 4.78 is 27.2. The van der Waals surface area contributed by atoms with Gasteiger partial charge in [0.05, 0.1) is 6.61 Å². The highest BCUT2D eigenvalue weighted by molar-refractivity contribution is 7.91. The first-order chi connectivity index (χ1) is 9.84. The zero-order valence-electron chi connectivity index (χ0n) is 12.9. The molecule has 0 saturated carbocycles. The molecule has 5 nitrogen and oxygen atoms in total. The van der Waals surface area contributed by atoms with Gasteiger partial charge in [-0.3, -0.25) is 0 Å². The van der Waals surface area contributed by atoms with Crippen molar-refractivity contribution in [2.75, 3.05) is 32.7 Å². The van der Waals surface area contributed by atoms with Crippen LogP contribution < -0.4 is 0 Å². The first-order valence-corrected chi connectivity index (χ1v) is 9.53. The molecule has 1 fully saturated rings. The third kappa shape index (κ3) is 3.84. The minimum atomic E-state index is -3.41. The number of sulfonamides is 1. The third-order valence-corrected chi connectivity index (χ3v) is 7.26. The largest absolute Gasteiger partial charge is 0.391 e. The van der Waals surface area contributed by atoms with Crippen LogP contribution in [0.15, 0.2) is 10.3 Å². The summed E-state index contributed by atoms with van der Waals surface area (Å²) in [6.45, 7) is 9.75. The van der Waals surface area contributed by atoms with Crippen molar-refractivity contribution >= 4 is 21.4 Å². The molecule has 1 aliphatic heterocycles. The van der Waals surface area contributed by atoms with Crippen LogP contribution in [-0.4, -0.2) is 55.5 Å². The molecule has 0 atom stereocenters. The Labute approximate surface area is 131 Å². The van der Waals surface area contributed by atoms with Gasteiger partial charge < -0.3 is 10.0 Å². The SMILES string of the molecule is Cc1cc(S(=O)(=O)N2CCN(CC(C)C)CC2)sc1CO. The average molecular weight is 332 g/mol. The zero-order valence-corrected chi connectivity index (χ0v) is 14.5. The molecule has 0 spiro atoms. The molecule has 7 heteroatoms. The molecule has 120 valence electrons. The molecule has 21 heavy (non-hydrogen) atoms. The first kappa shape index (κ1) is 16.9. The molecule has 0 amide bonds. The lowest BCUT2D eigenvalue weighted by Crippen LogP contribution is -2.49. The van der Waals surface area contributed by atoms with E-state index < -0.39 is 10.0 Å². The molecule has 1 aliphatic rings. The van der Waals surface area contributed by atoms with Crippen LogP contribution in [0.3, 0.4) is 0 Å². The van der Waals surface area contributed by atoms with E-state index in [1.807, 2.05) is 6.92 Å². The number of aryl methyl sites for hydroxylation is 1. The van der Waals surface area contributed by atoms with Crippen molar-refractivity contribution in [2.45, 2.75) is 31.6 Å². The number of hydrogen-bond donors (Lipinski definition) is 1. The fourth-order valence-corrected chi connectivity index (χ4v) is 5.60. The second-order valence-electron chi connectivity index (χ2n) is 5.93. The second kappa shape index (κ2) is 6.75. The minimum absolute atomic E-state index is 0.103. The second-order valence-corrected chi connectivity index (χ2v) is 9.23. The van der Waals surface area contributed by atoms with Gasteiger partial charge in [-0.15, -0.1) is 11.3 Å². The van der Waals surface area contributed by atoms with Gasteiger partial charge in [-0.1, -0.05) is 13.8 Å². The van der Waals surface area contributed by atoms with Gasteiger partial charge in [-0.25, -0.2) is 8.42 Å². The van der Waals surface area contributed by atoms with Gasteiger partial charge in [0.2, 0.25) is 0 Å². The highest BCUT2D eigenvalue weighted by atomic mass is 32.2. The summed E-state index contributed by atoms with van der Waals surface area (Å²) in [5.74, 6) is 0.597. The molecular formula is C14H24N2O3S2. The number of thiophene rings is 1. The lowest BCUT2D eigenvalue weighted by molar-refractivity contribution is 0.172. The van der Waals surface area contributed by atoms with Gasteiger partial charge in [0.15, 0.2) is 0 Å². The zero-order chi connectivity index (χ0) is 15.6. The normalized spacial score (nSPS) is 18.5. The van der Waals surface area contributed by atoms with Gasteiger partial charge in [-0.05, 0) is 24.5 Å². The van der Waals surface area contributed by atoms with Gasteiger partial charge in [0.1, 0.15) is 4.21 Å². The van der Waals surface area contributed by atoms with E-state index in [9.17, 15) is 13.5 Å². The quantitative estimate of drug-likeness (QED) is 0.888. The third-order valence-electron chi connectivity index (χ3n) is 3.69. The van der Waals surface area contributed by atoms with Gasteiger partial charge in [0.25, 0.3) is 10.0 Å². The summed E-state index contributed by atoms with van der Waals surface area (Å²) in [5.41, 5.74) is 0.847. The van der Waals surface area contributed by atoms with Crippen LogP contribution >= 0.6 is 11.3 Å². The number of nitrogens with zero attached hydrogens (tertiary/aromatic N) is 2. The Bertz CT molecular complexity index is 573. The molecule has 2 heterocycles. The topological polar surface area (TPSA) is 60.9 Å². The molecular weight excluding hydrogens is 308 g/mol. The Morgan fingerprint density at radius 3 is 2.38 bits per heavy atom. The monoisotopic (exact) mass is 332 g/mol. The van der Waals surface area contributed by atoms with E-state index in [0.717, 1.165) is 30.1 Å². The van der Waals surface area contributed by atoms with Crippen molar-refractivity contribution in [3.63, 3.8) is 0 Å². The highest BCUT2D eigenvalue weighted by Gasteiger charge is 2.30. The number of aliphatic hydroxyl groups is 1. The highest BCUT2D eigenvalue weighted by Crippen LogP contribution is 2.29. The van der Waals surface area contributed by atoms with Gasteiger partial charge >= 0.3 is 0 Å². The fourth-order valence-electron chi connectivity index (χ4n) is 2.57. The van der Waals surface area contributed by atoms with Crippen molar-refractivity contribution < 1.29 is 13.5 Å². The molecule has 0 bridgehead atoms. The maximum atomic E-state index is 12.6. The lowest BCUT2D eigenvalue weighted by Gasteiger charge is -2.34. The van der Waals surface area contributed by atoms with Crippen LogP contribution in [0.5, 0.6) is 0 Å². The van der Waals surface area contributed by atoms with Crippen LogP contribution in [-0.2, 0) is 16.6 Å². The predicted molar refractivity (Wildman–Crippen MR) is 85.0 cm³/mol. The maximum Gasteiger partial charge on any atom is 0.252 e. The summed E-state index contributed by atoms with van der Waals surface area (Å²) >= 11 is 1.18. The van der Waals surface area contributed by atoms with Gasteiger partial charge in [0, 0.05) is 37.6 Å². The Kier molecular flexibility index (Phi) is 5.43. The van der Waals surface area contributed by atoms with Crippen LogP contribution in [0, 0.1) is 12.8 Å². The standard InChI is InChI=1S/C14H24N2O3S2/c1-11(2)9-15-4-6-16(7-5-15)21(18,19)14-8-12(3)13(10-17)20-14/h8,11,17H,4-7,9-10H2,1-3H3. The summed E-state index contributed by atoms with van der Waals surface area (Å²) in [5, 5.41) is 9.22. The summed E-state index contributed by atoms with van der Waals surface area (Å²) in [6.07, 6.45) is 0. The Balaban J connectivity index is 2.07. The number of aliphatic hydroxyl groups excluding tert-OH is 1. The van der Waals surface area contributed by atoms with Crippen molar-refractivity contribution in [2.24, 2.45) is 5.92 Å². The molecule has 0 aromatic carbocycles. The van der Waals surface area contributed by atoms with E-state index in [1.54, 1.807) is 10.4 Å². The van der Waals surface area contributed by atoms with Crippen LogP contribution in [0.1, 0.15) is 24.3 Å². The molecule has 1 N–H and O–H groups in total. The maximum absolute atomic E-state index is 12.6. The molecule has 0 aliphatic carbocycles. The van der Waals surface area contributed by atoms with E-state index in [4.69, 9.17) is 0 Å². The van der Waals surface area contributed by atoms with E-state index in [-0.39, 0.29) is 6.61 Å². The number of piperazine rings is 1. The van der Waals surface area contributed by atoms with Gasteiger partial charge in [-0.2, -0.15) is 4.31 Å². The summed E-state index contributed by atoms with van der Waals surface area (Å²) in [7, 11) is -3.41. The van der Waals surface area contributed by atoms with E-state index in [0.29, 0.717) is 23.2 Å². The minimum Gasteiger partial charge on any atom is -0.391 e. The molecule has 2 rings (SSSR count). The predicted octanol–water partition coefficient (Wildman–Crippen LogP) is 1.51. The summed E-state index contributed by atoms with van der Waals surface area (Å²) in [6, 6.07) is 1.67. The molecule has 1 aromatic heterocycles. The molecule has 1 aromatic rings. The van der Waals surface area contributed by atoms with E-state index in [2.05, 4.69) is 18.7 Å². The van der Waals surface area contributed by atoms with Crippen LogP contribution in [0.25, 0.3) is 0 Å². The van der Waals surface area contributed by atoms with Crippen molar-refractivity contribution in [1.29, 1.82) is 0 Å². The fraction of sp³-hybridized carbons (Fsp3) is 0.714. The summed E-state index contributed by atoms with van der Waals surface area (Å²) in [4.78, 5) is 3.04. The first-order valence-electron chi connectivity index (χ1n) is 7.27. The molecule has 1 saturated heterocycles. The van der Waals surface area contributed by atoms with Crippen molar-refractivity contribution in [3.8, 4) is 0 Å². The van der Waals surface area contributed by atoms with E-state index in [1.165, 1.54) is 11.3 Å². The Morgan fingerprint density at radius 1 is 1.29 bits per heavy atom. The Hall–Kier alpha value is -0.470.